The van der Waals surface area contributed by atoms with Crippen LogP contribution in [-0.2, 0) is 15.0 Å². The minimum absolute atomic E-state index is 0.0420. The van der Waals surface area contributed by atoms with Crippen LogP contribution < -0.4 is 9.03 Å². The molecule has 1 aromatic carbocycles. The largest absolute Gasteiger partial charge is 0.426 e. The summed E-state index contributed by atoms with van der Waals surface area (Å²) in [6, 6.07) is 6.56. The van der Waals surface area contributed by atoms with Gasteiger partial charge in [-0.1, -0.05) is 32.0 Å². The van der Waals surface area contributed by atoms with E-state index >= 15 is 0 Å². The van der Waals surface area contributed by atoms with Gasteiger partial charge in [0.1, 0.15) is 0 Å². The van der Waals surface area contributed by atoms with Gasteiger partial charge in [0.2, 0.25) is 5.60 Å². The Morgan fingerprint density at radius 2 is 1.75 bits per heavy atom. The van der Waals surface area contributed by atoms with Crippen LogP contribution in [0.1, 0.15) is 26.7 Å². The predicted molar refractivity (Wildman–Crippen MR) is 82.4 cm³/mol. The SMILES string of the molecule is CCCNS(=O)(=O)N(C(=O)C(O)(CC)C(F)(F)F)c1ccccc1. The summed E-state index contributed by atoms with van der Waals surface area (Å²) in [5, 5.41) is 9.84. The standard InChI is InChI=1S/C14H19F3N2O4S/c1-3-10-18-24(22,23)19(11-8-6-5-7-9-11)12(20)13(21,4-2)14(15,16)17/h5-9,18,21H,3-4,10H2,1-2H3. The number of hydrogen-bond acceptors (Lipinski definition) is 4. The van der Waals surface area contributed by atoms with Gasteiger partial charge in [-0.25, -0.2) is 0 Å². The van der Waals surface area contributed by atoms with Crippen LogP contribution in [0.25, 0.3) is 0 Å². The van der Waals surface area contributed by atoms with Gasteiger partial charge in [-0.3, -0.25) is 4.79 Å². The minimum atomic E-state index is -5.33. The zero-order valence-corrected chi connectivity index (χ0v) is 14.0. The first-order chi connectivity index (χ1) is 11.0. The van der Waals surface area contributed by atoms with Crippen LogP contribution in [0.5, 0.6) is 0 Å². The molecule has 0 aromatic heterocycles. The number of nitrogens with one attached hydrogen (secondary N) is 1. The molecule has 0 aliphatic carbocycles. The molecule has 2 N–H and O–H groups in total. The van der Waals surface area contributed by atoms with Crippen LogP contribution >= 0.6 is 0 Å². The summed E-state index contributed by atoms with van der Waals surface area (Å²) in [7, 11) is -4.62. The Morgan fingerprint density at radius 1 is 1.21 bits per heavy atom. The number of carbonyl (C=O) groups excluding carboxylic acids is 1. The number of anilines is 1. The van der Waals surface area contributed by atoms with Crippen molar-refractivity contribution in [3.05, 3.63) is 30.3 Å². The van der Waals surface area contributed by atoms with E-state index in [1.165, 1.54) is 18.2 Å². The summed E-state index contributed by atoms with van der Waals surface area (Å²) in [6.45, 7) is 2.52. The number of halogens is 3. The molecule has 0 saturated carbocycles. The normalized spacial score (nSPS) is 14.9. The molecule has 0 radical (unpaired) electrons. The van der Waals surface area contributed by atoms with Gasteiger partial charge >= 0.3 is 16.4 Å². The van der Waals surface area contributed by atoms with Gasteiger partial charge in [0.25, 0.3) is 5.91 Å². The summed E-state index contributed by atoms with van der Waals surface area (Å²) >= 11 is 0. The van der Waals surface area contributed by atoms with Gasteiger partial charge in [0.05, 0.1) is 5.69 Å². The first-order valence-corrected chi connectivity index (χ1v) is 8.63. The van der Waals surface area contributed by atoms with Gasteiger partial charge in [0, 0.05) is 6.54 Å². The Kier molecular flexibility index (Phi) is 6.37. The number of aliphatic hydroxyl groups is 1. The molecule has 0 aliphatic heterocycles. The average molecular weight is 368 g/mol. The zero-order valence-electron chi connectivity index (χ0n) is 13.2. The maximum atomic E-state index is 13.2. The molecule has 1 amide bonds. The van der Waals surface area contributed by atoms with Crippen molar-refractivity contribution in [3.8, 4) is 0 Å². The predicted octanol–water partition coefficient (Wildman–Crippen LogP) is 1.97. The summed E-state index contributed by atoms with van der Waals surface area (Å²) in [4.78, 5) is 12.4. The average Bonchev–Trinajstić information content (AvgIpc) is 2.51. The monoisotopic (exact) mass is 368 g/mol. The van der Waals surface area contributed by atoms with E-state index in [0.29, 0.717) is 6.42 Å². The molecule has 10 heteroatoms. The molecule has 1 atom stereocenters. The van der Waals surface area contributed by atoms with Gasteiger partial charge in [-0.05, 0) is 25.0 Å². The number of hydrogen-bond donors (Lipinski definition) is 2. The second-order valence-corrected chi connectivity index (χ2v) is 6.62. The smallest absolute Gasteiger partial charge is 0.373 e. The first-order valence-electron chi connectivity index (χ1n) is 7.19. The summed E-state index contributed by atoms with van der Waals surface area (Å²) < 4.78 is 66.1. The third-order valence-corrected chi connectivity index (χ3v) is 4.71. The number of benzene rings is 1. The molecule has 0 bridgehead atoms. The molecule has 0 aliphatic rings. The molecular weight excluding hydrogens is 349 g/mol. The van der Waals surface area contributed by atoms with Gasteiger partial charge < -0.3 is 5.11 Å². The molecule has 1 aromatic rings. The van der Waals surface area contributed by atoms with E-state index in [4.69, 9.17) is 0 Å². The minimum Gasteiger partial charge on any atom is -0.373 e. The van der Waals surface area contributed by atoms with Crippen molar-refractivity contribution in [2.24, 2.45) is 0 Å². The van der Waals surface area contributed by atoms with E-state index in [1.54, 1.807) is 6.92 Å². The van der Waals surface area contributed by atoms with E-state index in [1.807, 2.05) is 4.72 Å². The number of amides is 1. The van der Waals surface area contributed by atoms with E-state index < -0.39 is 34.3 Å². The Morgan fingerprint density at radius 3 is 2.17 bits per heavy atom. The Labute approximate surface area is 138 Å². The highest BCUT2D eigenvalue weighted by Crippen LogP contribution is 2.36. The van der Waals surface area contributed by atoms with E-state index in [0.717, 1.165) is 19.1 Å². The fourth-order valence-corrected chi connectivity index (χ4v) is 3.22. The zero-order chi connectivity index (χ0) is 18.6. The third-order valence-electron chi connectivity index (χ3n) is 3.28. The van der Waals surface area contributed by atoms with E-state index in [-0.39, 0.29) is 16.5 Å². The van der Waals surface area contributed by atoms with Crippen molar-refractivity contribution in [2.75, 3.05) is 10.8 Å². The van der Waals surface area contributed by atoms with Crippen LogP contribution in [0, 0.1) is 0 Å². The third kappa shape index (κ3) is 4.05. The highest BCUT2D eigenvalue weighted by molar-refractivity contribution is 7.91. The lowest BCUT2D eigenvalue weighted by Crippen LogP contribution is -2.60. The Bertz CT molecular complexity index is 664. The maximum absolute atomic E-state index is 13.2. The highest BCUT2D eigenvalue weighted by Gasteiger charge is 2.61. The highest BCUT2D eigenvalue weighted by atomic mass is 32.2. The van der Waals surface area contributed by atoms with E-state index in [2.05, 4.69) is 0 Å². The quantitative estimate of drug-likeness (QED) is 0.770. The second-order valence-electron chi connectivity index (χ2n) is 5.02. The molecule has 1 rings (SSSR count). The fourth-order valence-electron chi connectivity index (χ4n) is 1.87. The second kappa shape index (κ2) is 7.49. The number of nitrogens with zero attached hydrogens (tertiary/aromatic N) is 1. The molecule has 0 fully saturated rings. The van der Waals surface area contributed by atoms with Crippen LogP contribution in [-0.4, -0.2) is 37.8 Å². The fraction of sp³-hybridized carbons (Fsp3) is 0.500. The number of alkyl halides is 3. The molecule has 24 heavy (non-hydrogen) atoms. The topological polar surface area (TPSA) is 86.7 Å². The van der Waals surface area contributed by atoms with Crippen LogP contribution in [0.3, 0.4) is 0 Å². The first kappa shape index (κ1) is 20.4. The van der Waals surface area contributed by atoms with E-state index in [9.17, 15) is 31.5 Å². The Balaban J connectivity index is 3.47. The van der Waals surface area contributed by atoms with Gasteiger partial charge in [-0.2, -0.15) is 30.6 Å². The van der Waals surface area contributed by atoms with Crippen molar-refractivity contribution in [1.82, 2.24) is 4.72 Å². The van der Waals surface area contributed by atoms with Crippen LogP contribution in [0.15, 0.2) is 30.3 Å². The van der Waals surface area contributed by atoms with Crippen molar-refractivity contribution in [1.29, 1.82) is 0 Å². The number of carbonyl (C=O) groups is 1. The molecule has 0 heterocycles. The lowest BCUT2D eigenvalue weighted by atomic mass is 9.99. The van der Waals surface area contributed by atoms with Gasteiger partial charge in [0.15, 0.2) is 0 Å². The summed E-state index contributed by atoms with van der Waals surface area (Å²) in [5.74, 6) is -1.98. The van der Waals surface area contributed by atoms with Crippen molar-refractivity contribution < 1.29 is 31.5 Å². The molecule has 0 spiro atoms. The van der Waals surface area contributed by atoms with Crippen LogP contribution in [0.2, 0.25) is 0 Å². The molecule has 0 saturated heterocycles. The maximum Gasteiger partial charge on any atom is 0.426 e. The number of rotatable bonds is 7. The summed E-state index contributed by atoms with van der Waals surface area (Å²) in [5.41, 5.74) is -4.12. The van der Waals surface area contributed by atoms with Crippen molar-refractivity contribution >= 4 is 21.8 Å². The lowest BCUT2D eigenvalue weighted by molar-refractivity contribution is -0.250. The molecule has 6 nitrogen and oxygen atoms in total. The molecule has 1 unspecified atom stereocenters. The lowest BCUT2D eigenvalue weighted by Gasteiger charge is -2.33. The Hall–Kier alpha value is -1.65. The van der Waals surface area contributed by atoms with Crippen molar-refractivity contribution in [3.63, 3.8) is 0 Å². The van der Waals surface area contributed by atoms with Gasteiger partial charge in [-0.15, -0.1) is 0 Å². The van der Waals surface area contributed by atoms with Crippen LogP contribution in [0.4, 0.5) is 18.9 Å². The molecule has 136 valence electrons. The van der Waals surface area contributed by atoms with Crippen molar-refractivity contribution in [2.45, 2.75) is 38.5 Å². The number of para-hydroxylation sites is 1. The summed E-state index contributed by atoms with van der Waals surface area (Å²) in [6.07, 6.45) is -5.98. The molecular formula is C14H19F3N2O4S.